The molecule has 176 valence electrons. The molecule has 11 nitrogen and oxygen atoms in total. The van der Waals surface area contributed by atoms with Gasteiger partial charge in [-0.05, 0) is 37.3 Å². The molecular weight excluding hydrogens is 444 g/mol. The molecule has 4 rings (SSSR count). The highest BCUT2D eigenvalue weighted by molar-refractivity contribution is 6.07. The number of amides is 3. The molecule has 0 bridgehead atoms. The van der Waals surface area contributed by atoms with Gasteiger partial charge in [0.2, 0.25) is 0 Å². The van der Waals surface area contributed by atoms with Crippen molar-refractivity contribution in [1.82, 2.24) is 10.0 Å². The first kappa shape index (κ1) is 23.0. The summed E-state index contributed by atoms with van der Waals surface area (Å²) in [6, 6.07) is 10.5. The summed E-state index contributed by atoms with van der Waals surface area (Å²) in [5.41, 5.74) is -0.330. The molecule has 0 spiro atoms. The molecule has 2 aromatic carbocycles. The quantitative estimate of drug-likeness (QED) is 0.360. The van der Waals surface area contributed by atoms with Crippen LogP contribution in [0.1, 0.15) is 42.1 Å². The zero-order chi connectivity index (χ0) is 24.6. The van der Waals surface area contributed by atoms with Crippen molar-refractivity contribution in [2.45, 2.75) is 32.7 Å². The molecule has 1 saturated carbocycles. The first-order valence-electron chi connectivity index (χ1n) is 10.9. The number of rotatable bonds is 6. The molecular formula is C23H22N4O7. The van der Waals surface area contributed by atoms with Gasteiger partial charge < -0.3 is 0 Å². The van der Waals surface area contributed by atoms with Gasteiger partial charge in [-0.3, -0.25) is 34.6 Å². The van der Waals surface area contributed by atoms with Gasteiger partial charge in [-0.25, -0.2) is 5.01 Å². The van der Waals surface area contributed by atoms with E-state index in [0.717, 1.165) is 28.6 Å². The molecule has 2 aromatic rings. The molecule has 34 heavy (non-hydrogen) atoms. The van der Waals surface area contributed by atoms with E-state index in [1.54, 1.807) is 6.07 Å². The first-order chi connectivity index (χ1) is 16.2. The van der Waals surface area contributed by atoms with Gasteiger partial charge in [0.1, 0.15) is 0 Å². The summed E-state index contributed by atoms with van der Waals surface area (Å²) in [5, 5.41) is 24.3. The Balaban J connectivity index is 1.75. The second-order valence-electron chi connectivity index (χ2n) is 8.67. The van der Waals surface area contributed by atoms with Gasteiger partial charge in [0.25, 0.3) is 29.1 Å². The highest BCUT2D eigenvalue weighted by Gasteiger charge is 2.52. The lowest BCUT2D eigenvalue weighted by Crippen LogP contribution is -2.49. The van der Waals surface area contributed by atoms with Crippen LogP contribution in [0.25, 0.3) is 0 Å². The predicted molar refractivity (Wildman–Crippen MR) is 118 cm³/mol. The van der Waals surface area contributed by atoms with Crippen LogP contribution < -0.4 is 0 Å². The third kappa shape index (κ3) is 4.12. The number of carbonyl (C=O) groups is 3. The van der Waals surface area contributed by atoms with E-state index in [0.29, 0.717) is 12.8 Å². The molecule has 11 heteroatoms. The molecule has 0 radical (unpaired) electrons. The average Bonchev–Trinajstić information content (AvgIpc) is 3.06. The molecule has 2 aliphatic rings. The predicted octanol–water partition coefficient (Wildman–Crippen LogP) is 3.48. The maximum atomic E-state index is 13.5. The lowest BCUT2D eigenvalue weighted by Gasteiger charge is -2.30. The van der Waals surface area contributed by atoms with E-state index in [2.05, 4.69) is 0 Å². The van der Waals surface area contributed by atoms with Crippen LogP contribution in [0.4, 0.5) is 11.4 Å². The minimum Gasteiger partial charge on any atom is -0.272 e. The zero-order valence-corrected chi connectivity index (χ0v) is 18.3. The number of para-hydroxylation sites is 1. The van der Waals surface area contributed by atoms with Crippen LogP contribution in [-0.2, 0) is 16.1 Å². The molecule has 3 atom stereocenters. The Morgan fingerprint density at radius 1 is 0.971 bits per heavy atom. The lowest BCUT2D eigenvalue weighted by molar-refractivity contribution is -0.385. The monoisotopic (exact) mass is 466 g/mol. The number of hydrogen-bond donors (Lipinski definition) is 0. The Bertz CT molecular complexity index is 1180. The van der Waals surface area contributed by atoms with Crippen LogP contribution in [0.2, 0.25) is 0 Å². The van der Waals surface area contributed by atoms with Crippen LogP contribution in [0.3, 0.4) is 0 Å². The molecule has 0 aromatic heterocycles. The number of nitrogens with zero attached hydrogens (tertiary/aromatic N) is 4. The van der Waals surface area contributed by atoms with Crippen molar-refractivity contribution >= 4 is 29.1 Å². The smallest absolute Gasteiger partial charge is 0.272 e. The van der Waals surface area contributed by atoms with Crippen LogP contribution in [0.5, 0.6) is 0 Å². The number of nitro groups is 2. The summed E-state index contributed by atoms with van der Waals surface area (Å²) in [5.74, 6) is -2.60. The zero-order valence-electron chi connectivity index (χ0n) is 18.3. The van der Waals surface area contributed by atoms with Gasteiger partial charge in [0.05, 0.1) is 33.8 Å². The van der Waals surface area contributed by atoms with E-state index in [4.69, 9.17) is 0 Å². The summed E-state index contributed by atoms with van der Waals surface area (Å²) < 4.78 is 0. The van der Waals surface area contributed by atoms with E-state index in [9.17, 15) is 34.6 Å². The van der Waals surface area contributed by atoms with Crippen molar-refractivity contribution in [2.75, 3.05) is 0 Å². The number of fused-ring (bicyclic) bond motifs is 1. The minimum absolute atomic E-state index is 0.00743. The number of benzene rings is 2. The maximum Gasteiger partial charge on any atom is 0.274 e. The van der Waals surface area contributed by atoms with E-state index in [-0.39, 0.29) is 35.0 Å². The van der Waals surface area contributed by atoms with E-state index in [1.165, 1.54) is 30.3 Å². The highest BCUT2D eigenvalue weighted by Crippen LogP contribution is 2.41. The molecule has 1 aliphatic carbocycles. The molecule has 3 amide bonds. The number of hydrazine groups is 1. The van der Waals surface area contributed by atoms with E-state index >= 15 is 0 Å². The molecule has 0 unspecified atom stereocenters. The fourth-order valence-corrected chi connectivity index (χ4v) is 4.70. The standard InChI is InChI=1S/C23H22N4O7/c1-14-6-11-18-19(12-14)23(30)25(22(18)29)24(13-16-4-2-3-5-20(16)27(33)34)21(28)15-7-9-17(10-8-15)26(31)32/h2-5,7-10,14,18-19H,6,11-13H2,1H3/t14-,18-,19-/m1/s1. The van der Waals surface area contributed by atoms with Gasteiger partial charge in [0.15, 0.2) is 0 Å². The largest absolute Gasteiger partial charge is 0.274 e. The fraction of sp³-hybridized carbons (Fsp3) is 0.348. The van der Waals surface area contributed by atoms with Gasteiger partial charge in [-0.15, -0.1) is 0 Å². The number of carbonyl (C=O) groups excluding carboxylic acids is 3. The SMILES string of the molecule is C[C@@H]1CC[C@H]2C(=O)N(N(Cc3ccccc3[N+](=O)[O-])C(=O)c3ccc([N+](=O)[O-])cc3)C(=O)[C@@H]2C1. The maximum absolute atomic E-state index is 13.5. The molecule has 2 fully saturated rings. The van der Waals surface area contributed by atoms with Gasteiger partial charge >= 0.3 is 0 Å². The number of hydrogen-bond acceptors (Lipinski definition) is 7. The normalized spacial score (nSPS) is 21.8. The summed E-state index contributed by atoms with van der Waals surface area (Å²) in [6.07, 6.45) is 1.84. The van der Waals surface area contributed by atoms with Crippen LogP contribution in [0.15, 0.2) is 48.5 Å². The van der Waals surface area contributed by atoms with Gasteiger partial charge in [0, 0.05) is 23.8 Å². The Hall–Kier alpha value is -4.15. The summed E-state index contributed by atoms with van der Waals surface area (Å²) >= 11 is 0. The van der Waals surface area contributed by atoms with Gasteiger partial charge in [-0.2, -0.15) is 5.01 Å². The average molecular weight is 466 g/mol. The van der Waals surface area contributed by atoms with Crippen molar-refractivity contribution in [3.05, 3.63) is 79.9 Å². The number of nitro benzene ring substituents is 2. The minimum atomic E-state index is -0.763. The third-order valence-electron chi connectivity index (χ3n) is 6.47. The first-order valence-corrected chi connectivity index (χ1v) is 10.9. The molecule has 1 aliphatic heterocycles. The Morgan fingerprint density at radius 3 is 2.26 bits per heavy atom. The van der Waals surface area contributed by atoms with E-state index < -0.39 is 39.4 Å². The van der Waals surface area contributed by atoms with E-state index in [1.807, 2.05) is 6.92 Å². The fourth-order valence-electron chi connectivity index (χ4n) is 4.70. The third-order valence-corrected chi connectivity index (χ3v) is 6.47. The molecule has 1 heterocycles. The molecule has 1 saturated heterocycles. The van der Waals surface area contributed by atoms with Crippen molar-refractivity contribution < 1.29 is 24.2 Å². The number of imide groups is 1. The van der Waals surface area contributed by atoms with Crippen molar-refractivity contribution in [3.8, 4) is 0 Å². The summed E-state index contributed by atoms with van der Waals surface area (Å²) in [4.78, 5) is 61.4. The Labute approximate surface area is 194 Å². The second-order valence-corrected chi connectivity index (χ2v) is 8.67. The van der Waals surface area contributed by atoms with Crippen molar-refractivity contribution in [2.24, 2.45) is 17.8 Å². The second kappa shape index (κ2) is 9.00. The van der Waals surface area contributed by atoms with Crippen molar-refractivity contribution in [3.63, 3.8) is 0 Å². The summed E-state index contributed by atoms with van der Waals surface area (Å²) in [7, 11) is 0. The number of non-ortho nitro benzene ring substituents is 1. The topological polar surface area (TPSA) is 144 Å². The van der Waals surface area contributed by atoms with Gasteiger partial charge in [-0.1, -0.05) is 25.1 Å². The lowest BCUT2D eigenvalue weighted by atomic mass is 9.76. The van der Waals surface area contributed by atoms with Crippen LogP contribution >= 0.6 is 0 Å². The van der Waals surface area contributed by atoms with Crippen LogP contribution in [-0.4, -0.2) is 37.6 Å². The molecule has 0 N–H and O–H groups in total. The highest BCUT2D eigenvalue weighted by atomic mass is 16.6. The Morgan fingerprint density at radius 2 is 1.62 bits per heavy atom. The summed E-state index contributed by atoms with van der Waals surface area (Å²) in [6.45, 7) is 1.61. The van der Waals surface area contributed by atoms with Crippen LogP contribution in [0, 0.1) is 38.0 Å². The Kier molecular flexibility index (Phi) is 6.10. The van der Waals surface area contributed by atoms with Crippen molar-refractivity contribution in [1.29, 1.82) is 0 Å².